The molecule has 1 saturated heterocycles. The zero-order valence-electron chi connectivity index (χ0n) is 14.1. The molecule has 0 saturated carbocycles. The zero-order chi connectivity index (χ0) is 17.5. The molecule has 0 aromatic heterocycles. The molecule has 1 aliphatic rings. The number of piperidine rings is 1. The van der Waals surface area contributed by atoms with Crippen molar-refractivity contribution in [1.82, 2.24) is 9.80 Å². The summed E-state index contributed by atoms with van der Waals surface area (Å²) < 4.78 is 1.04. The van der Waals surface area contributed by atoms with Crippen LogP contribution in [0.4, 0.5) is 0 Å². The van der Waals surface area contributed by atoms with Gasteiger partial charge in [-0.2, -0.15) is 0 Å². The third-order valence-electron chi connectivity index (χ3n) is 4.62. The van der Waals surface area contributed by atoms with Crippen LogP contribution in [-0.4, -0.2) is 59.0 Å². The minimum Gasteiger partial charge on any atom is -0.480 e. The molecule has 1 N–H and O–H groups in total. The van der Waals surface area contributed by atoms with E-state index in [9.17, 15) is 9.59 Å². The summed E-state index contributed by atoms with van der Waals surface area (Å²) in [5.41, 5.74) is 1.17. The fraction of sp³-hybridized carbons (Fsp3) is 0.556. The molecule has 24 heavy (non-hydrogen) atoms. The maximum absolute atomic E-state index is 12.4. The molecule has 1 aromatic carbocycles. The van der Waals surface area contributed by atoms with E-state index in [0.717, 1.165) is 43.4 Å². The number of carbonyl (C=O) groups excluding carboxylic acids is 1. The first-order valence-electron chi connectivity index (χ1n) is 8.47. The van der Waals surface area contributed by atoms with Gasteiger partial charge < -0.3 is 10.0 Å². The van der Waals surface area contributed by atoms with Crippen molar-refractivity contribution >= 4 is 27.8 Å². The van der Waals surface area contributed by atoms with Crippen molar-refractivity contribution in [3.8, 4) is 0 Å². The highest BCUT2D eigenvalue weighted by molar-refractivity contribution is 9.10. The standard InChI is InChI=1S/C18H25BrN2O3/c1-2-20(13-18(23)24)16-9-11-21(12-10-16)17(22)8-5-14-3-6-15(19)7-4-14/h3-4,6-7,16H,2,5,8-13H2,1H3,(H,23,24). The molecular weight excluding hydrogens is 372 g/mol. The van der Waals surface area contributed by atoms with Crippen molar-refractivity contribution in [2.75, 3.05) is 26.2 Å². The van der Waals surface area contributed by atoms with E-state index in [4.69, 9.17) is 5.11 Å². The first-order chi connectivity index (χ1) is 11.5. The van der Waals surface area contributed by atoms with Gasteiger partial charge in [0.15, 0.2) is 0 Å². The molecule has 1 heterocycles. The molecule has 0 spiro atoms. The highest BCUT2D eigenvalue weighted by Gasteiger charge is 2.26. The summed E-state index contributed by atoms with van der Waals surface area (Å²) >= 11 is 3.41. The number of aryl methyl sites for hydroxylation is 1. The lowest BCUT2D eigenvalue weighted by atomic mass is 10.0. The quantitative estimate of drug-likeness (QED) is 0.769. The monoisotopic (exact) mass is 396 g/mol. The van der Waals surface area contributed by atoms with E-state index in [0.29, 0.717) is 6.42 Å². The third-order valence-corrected chi connectivity index (χ3v) is 5.15. The highest BCUT2D eigenvalue weighted by Crippen LogP contribution is 2.18. The van der Waals surface area contributed by atoms with E-state index in [1.54, 1.807) is 0 Å². The van der Waals surface area contributed by atoms with Crippen molar-refractivity contribution in [3.05, 3.63) is 34.3 Å². The minimum atomic E-state index is -0.787. The van der Waals surface area contributed by atoms with E-state index >= 15 is 0 Å². The lowest BCUT2D eigenvalue weighted by Crippen LogP contribution is -2.48. The molecule has 0 atom stereocenters. The second-order valence-electron chi connectivity index (χ2n) is 6.20. The number of hydrogen-bond donors (Lipinski definition) is 1. The second kappa shape index (κ2) is 9.18. The lowest BCUT2D eigenvalue weighted by Gasteiger charge is -2.37. The number of carbonyl (C=O) groups is 2. The van der Waals surface area contributed by atoms with Crippen LogP contribution in [0.25, 0.3) is 0 Å². The van der Waals surface area contributed by atoms with Crippen LogP contribution in [0.3, 0.4) is 0 Å². The summed E-state index contributed by atoms with van der Waals surface area (Å²) in [4.78, 5) is 27.2. The van der Waals surface area contributed by atoms with Gasteiger partial charge >= 0.3 is 5.97 Å². The van der Waals surface area contributed by atoms with Crippen molar-refractivity contribution < 1.29 is 14.7 Å². The third kappa shape index (κ3) is 5.60. The Morgan fingerprint density at radius 3 is 2.42 bits per heavy atom. The Bertz CT molecular complexity index is 554. The summed E-state index contributed by atoms with van der Waals surface area (Å²) in [5, 5.41) is 8.97. The van der Waals surface area contributed by atoms with E-state index in [1.807, 2.05) is 41.0 Å². The molecular formula is C18H25BrN2O3. The number of carboxylic acid groups (broad SMARTS) is 1. The highest BCUT2D eigenvalue weighted by atomic mass is 79.9. The topological polar surface area (TPSA) is 60.9 Å². The summed E-state index contributed by atoms with van der Waals surface area (Å²) in [6, 6.07) is 8.32. The maximum atomic E-state index is 12.4. The summed E-state index contributed by atoms with van der Waals surface area (Å²) in [6.07, 6.45) is 2.99. The van der Waals surface area contributed by atoms with Gasteiger partial charge in [0.2, 0.25) is 5.91 Å². The van der Waals surface area contributed by atoms with Crippen molar-refractivity contribution in [3.63, 3.8) is 0 Å². The number of carboxylic acids is 1. The number of halogens is 1. The Morgan fingerprint density at radius 1 is 1.25 bits per heavy atom. The lowest BCUT2D eigenvalue weighted by molar-refractivity contribution is -0.140. The van der Waals surface area contributed by atoms with Gasteiger partial charge in [-0.05, 0) is 43.5 Å². The van der Waals surface area contributed by atoms with Crippen LogP contribution in [0.2, 0.25) is 0 Å². The second-order valence-corrected chi connectivity index (χ2v) is 7.11. The zero-order valence-corrected chi connectivity index (χ0v) is 15.7. The molecule has 0 aliphatic carbocycles. The number of rotatable bonds is 7. The number of nitrogens with zero attached hydrogens (tertiary/aromatic N) is 2. The molecule has 0 radical (unpaired) electrons. The van der Waals surface area contributed by atoms with Crippen LogP contribution in [-0.2, 0) is 16.0 Å². The molecule has 2 rings (SSSR count). The van der Waals surface area contributed by atoms with Gasteiger partial charge in [-0.1, -0.05) is 35.0 Å². The average Bonchev–Trinajstić information content (AvgIpc) is 2.59. The van der Waals surface area contributed by atoms with Crippen LogP contribution in [0.5, 0.6) is 0 Å². The summed E-state index contributed by atoms with van der Waals surface area (Å²) in [6.45, 7) is 4.24. The number of amides is 1. The minimum absolute atomic E-state index is 0.0820. The van der Waals surface area contributed by atoms with Gasteiger partial charge in [0.1, 0.15) is 0 Å². The van der Waals surface area contributed by atoms with Gasteiger partial charge in [-0.3, -0.25) is 14.5 Å². The van der Waals surface area contributed by atoms with Crippen LogP contribution < -0.4 is 0 Å². The number of aliphatic carboxylic acids is 1. The predicted octanol–water partition coefficient (Wildman–Crippen LogP) is 2.78. The van der Waals surface area contributed by atoms with E-state index < -0.39 is 5.97 Å². The molecule has 1 amide bonds. The maximum Gasteiger partial charge on any atom is 0.317 e. The fourth-order valence-corrected chi connectivity index (χ4v) is 3.48. The molecule has 132 valence electrons. The molecule has 6 heteroatoms. The fourth-order valence-electron chi connectivity index (χ4n) is 3.21. The number of benzene rings is 1. The van der Waals surface area contributed by atoms with Gasteiger partial charge in [-0.25, -0.2) is 0 Å². The van der Waals surface area contributed by atoms with Crippen LogP contribution >= 0.6 is 15.9 Å². The van der Waals surface area contributed by atoms with E-state index in [2.05, 4.69) is 15.9 Å². The smallest absolute Gasteiger partial charge is 0.317 e. The molecule has 1 aromatic rings. The van der Waals surface area contributed by atoms with Gasteiger partial charge in [0.05, 0.1) is 6.54 Å². The first kappa shape index (κ1) is 18.9. The first-order valence-corrected chi connectivity index (χ1v) is 9.27. The summed E-state index contributed by atoms with van der Waals surface area (Å²) in [5.74, 6) is -0.595. The van der Waals surface area contributed by atoms with Crippen LogP contribution in [0.15, 0.2) is 28.7 Å². The van der Waals surface area contributed by atoms with Crippen LogP contribution in [0.1, 0.15) is 31.7 Å². The Hall–Kier alpha value is -1.40. The molecule has 0 bridgehead atoms. The SMILES string of the molecule is CCN(CC(=O)O)C1CCN(C(=O)CCc2ccc(Br)cc2)CC1. The number of hydrogen-bond acceptors (Lipinski definition) is 3. The molecule has 0 unspecified atom stereocenters. The molecule has 1 aliphatic heterocycles. The Balaban J connectivity index is 1.77. The van der Waals surface area contributed by atoms with Gasteiger partial charge in [0.25, 0.3) is 0 Å². The van der Waals surface area contributed by atoms with E-state index in [1.165, 1.54) is 5.56 Å². The average molecular weight is 397 g/mol. The molecule has 5 nitrogen and oxygen atoms in total. The van der Waals surface area contributed by atoms with Gasteiger partial charge in [-0.15, -0.1) is 0 Å². The number of likely N-dealkylation sites (tertiary alicyclic amines) is 1. The Labute approximate surface area is 151 Å². The van der Waals surface area contributed by atoms with Crippen molar-refractivity contribution in [2.24, 2.45) is 0 Å². The largest absolute Gasteiger partial charge is 0.480 e. The molecule has 1 fully saturated rings. The van der Waals surface area contributed by atoms with Crippen molar-refractivity contribution in [2.45, 2.75) is 38.6 Å². The summed E-state index contributed by atoms with van der Waals surface area (Å²) in [7, 11) is 0. The normalized spacial score (nSPS) is 15.7. The van der Waals surface area contributed by atoms with Crippen LogP contribution in [0, 0.1) is 0 Å². The number of likely N-dealkylation sites (N-methyl/N-ethyl adjacent to an activating group) is 1. The van der Waals surface area contributed by atoms with E-state index in [-0.39, 0.29) is 18.5 Å². The predicted molar refractivity (Wildman–Crippen MR) is 96.9 cm³/mol. The Morgan fingerprint density at radius 2 is 1.88 bits per heavy atom. The van der Waals surface area contributed by atoms with Crippen molar-refractivity contribution in [1.29, 1.82) is 0 Å². The Kier molecular flexibility index (Phi) is 7.24. The van der Waals surface area contributed by atoms with Gasteiger partial charge in [0, 0.05) is 30.0 Å².